The van der Waals surface area contributed by atoms with Crippen molar-refractivity contribution in [3.8, 4) is 5.75 Å². The van der Waals surface area contributed by atoms with E-state index in [1.165, 1.54) is 7.11 Å². The zero-order valence-corrected chi connectivity index (χ0v) is 13.2. The van der Waals surface area contributed by atoms with Crippen LogP contribution in [0.1, 0.15) is 34.6 Å². The van der Waals surface area contributed by atoms with E-state index >= 15 is 0 Å². The van der Waals surface area contributed by atoms with E-state index in [0.717, 1.165) is 5.57 Å². The first-order valence-electron chi connectivity index (χ1n) is 6.71. The van der Waals surface area contributed by atoms with Gasteiger partial charge in [0.1, 0.15) is 5.75 Å². The number of carbonyl (C=O) groups excluding carboxylic acids is 1. The Morgan fingerprint density at radius 2 is 1.65 bits per heavy atom. The van der Waals surface area contributed by atoms with Crippen LogP contribution >= 0.6 is 0 Å². The van der Waals surface area contributed by atoms with E-state index < -0.39 is 17.0 Å². The van der Waals surface area contributed by atoms with Crippen LogP contribution in [0.15, 0.2) is 42.0 Å². The molecule has 0 saturated heterocycles. The minimum absolute atomic E-state index is 0.393. The van der Waals surface area contributed by atoms with Gasteiger partial charge >= 0.3 is 5.97 Å². The molecule has 110 valence electrons. The Morgan fingerprint density at radius 3 is 2.05 bits per heavy atom. The monoisotopic (exact) mass is 276 g/mol. The molecule has 1 rings (SSSR count). The van der Waals surface area contributed by atoms with E-state index in [2.05, 4.69) is 0 Å². The van der Waals surface area contributed by atoms with Crippen LogP contribution in [-0.2, 0) is 9.53 Å². The van der Waals surface area contributed by atoms with Gasteiger partial charge in [-0.2, -0.15) is 0 Å². The van der Waals surface area contributed by atoms with Gasteiger partial charge in [-0.3, -0.25) is 0 Å². The van der Waals surface area contributed by atoms with E-state index in [-0.39, 0.29) is 0 Å². The molecule has 3 heteroatoms. The minimum atomic E-state index is -1.15. The summed E-state index contributed by atoms with van der Waals surface area (Å²) in [7, 11) is 1.38. The average Bonchev–Trinajstić information content (AvgIpc) is 2.36. The average molecular weight is 276 g/mol. The summed E-state index contributed by atoms with van der Waals surface area (Å²) in [6.07, 6.45) is 1.84. The lowest BCUT2D eigenvalue weighted by Gasteiger charge is -2.40. The summed E-state index contributed by atoms with van der Waals surface area (Å²) in [5.74, 6) is 0.250. The van der Waals surface area contributed by atoms with Crippen LogP contribution < -0.4 is 4.74 Å². The number of methoxy groups -OCH3 is 1. The van der Waals surface area contributed by atoms with Gasteiger partial charge in [-0.1, -0.05) is 44.5 Å². The number of carbonyl (C=O) groups is 1. The first-order valence-corrected chi connectivity index (χ1v) is 6.71. The number of hydrogen-bond donors (Lipinski definition) is 0. The molecular weight excluding hydrogens is 252 g/mol. The Kier molecular flexibility index (Phi) is 4.98. The smallest absolute Gasteiger partial charge is 0.354 e. The topological polar surface area (TPSA) is 35.5 Å². The van der Waals surface area contributed by atoms with Crippen LogP contribution in [0.25, 0.3) is 0 Å². The lowest BCUT2D eigenvalue weighted by molar-refractivity contribution is -0.163. The Labute approximate surface area is 121 Å². The van der Waals surface area contributed by atoms with Crippen LogP contribution in [-0.4, -0.2) is 18.7 Å². The van der Waals surface area contributed by atoms with Crippen molar-refractivity contribution >= 4 is 5.97 Å². The molecule has 1 unspecified atom stereocenters. The van der Waals surface area contributed by atoms with Gasteiger partial charge in [0, 0.05) is 5.41 Å². The van der Waals surface area contributed by atoms with Gasteiger partial charge in [0.05, 0.1) is 7.11 Å². The van der Waals surface area contributed by atoms with Crippen molar-refractivity contribution in [2.45, 2.75) is 40.2 Å². The third-order valence-electron chi connectivity index (χ3n) is 3.12. The highest BCUT2D eigenvalue weighted by Crippen LogP contribution is 2.38. The van der Waals surface area contributed by atoms with Crippen LogP contribution in [0, 0.1) is 5.41 Å². The van der Waals surface area contributed by atoms with Crippen molar-refractivity contribution in [1.29, 1.82) is 0 Å². The van der Waals surface area contributed by atoms with Crippen LogP contribution in [0.3, 0.4) is 0 Å². The molecule has 0 amide bonds. The largest absolute Gasteiger partial charge is 0.471 e. The quantitative estimate of drug-likeness (QED) is 0.616. The van der Waals surface area contributed by atoms with E-state index in [9.17, 15) is 4.79 Å². The van der Waals surface area contributed by atoms with Gasteiger partial charge in [0.25, 0.3) is 0 Å². The Hall–Kier alpha value is -1.77. The Bertz CT molecular complexity index is 479. The molecule has 20 heavy (non-hydrogen) atoms. The molecule has 1 aromatic rings. The predicted octanol–water partition coefficient (Wildman–Crippen LogP) is 3.99. The molecule has 0 spiro atoms. The normalized spacial score (nSPS) is 14.1. The van der Waals surface area contributed by atoms with Crippen molar-refractivity contribution < 1.29 is 14.3 Å². The van der Waals surface area contributed by atoms with Gasteiger partial charge in [-0.15, -0.1) is 0 Å². The van der Waals surface area contributed by atoms with Gasteiger partial charge in [-0.25, -0.2) is 4.79 Å². The molecular formula is C17H24O3. The van der Waals surface area contributed by atoms with Crippen LogP contribution in [0.2, 0.25) is 0 Å². The highest BCUT2D eigenvalue weighted by Gasteiger charge is 2.50. The van der Waals surface area contributed by atoms with E-state index in [0.29, 0.717) is 5.75 Å². The summed E-state index contributed by atoms with van der Waals surface area (Å²) in [5.41, 5.74) is -0.601. The van der Waals surface area contributed by atoms with Gasteiger partial charge < -0.3 is 9.47 Å². The highest BCUT2D eigenvalue weighted by atomic mass is 16.6. The molecule has 1 atom stereocenters. The maximum absolute atomic E-state index is 12.4. The predicted molar refractivity (Wildman–Crippen MR) is 80.7 cm³/mol. The molecule has 0 aromatic heterocycles. The maximum atomic E-state index is 12.4. The first kappa shape index (κ1) is 16.3. The van der Waals surface area contributed by atoms with Crippen molar-refractivity contribution in [2.75, 3.05) is 7.11 Å². The SMILES string of the molecule is COC(=O)C(C=C(C)C)(Oc1ccccc1)C(C)(C)C. The zero-order chi connectivity index (χ0) is 15.4. The lowest BCUT2D eigenvalue weighted by Crippen LogP contribution is -2.54. The second-order valence-corrected chi connectivity index (χ2v) is 6.11. The number of hydrogen-bond acceptors (Lipinski definition) is 3. The number of para-hydroxylation sites is 1. The molecule has 0 N–H and O–H groups in total. The fraction of sp³-hybridized carbons (Fsp3) is 0.471. The van der Waals surface area contributed by atoms with Crippen molar-refractivity contribution in [1.82, 2.24) is 0 Å². The first-order chi connectivity index (χ1) is 9.23. The van der Waals surface area contributed by atoms with Crippen molar-refractivity contribution in [3.05, 3.63) is 42.0 Å². The second-order valence-electron chi connectivity index (χ2n) is 6.11. The minimum Gasteiger partial charge on any atom is -0.471 e. The summed E-state index contributed by atoms with van der Waals surface area (Å²) in [4.78, 5) is 12.4. The number of ether oxygens (including phenoxy) is 2. The molecule has 0 fully saturated rings. The lowest BCUT2D eigenvalue weighted by atomic mass is 9.75. The Morgan fingerprint density at radius 1 is 1.10 bits per heavy atom. The third-order valence-corrected chi connectivity index (χ3v) is 3.12. The van der Waals surface area contributed by atoms with Crippen molar-refractivity contribution in [2.24, 2.45) is 5.41 Å². The van der Waals surface area contributed by atoms with E-state index in [1.54, 1.807) is 0 Å². The standard InChI is InChI=1S/C17H24O3/c1-13(2)12-17(15(18)19-6,16(3,4)5)20-14-10-8-7-9-11-14/h7-12H,1-6H3. The molecule has 0 aliphatic carbocycles. The summed E-state index contributed by atoms with van der Waals surface area (Å²) < 4.78 is 11.1. The fourth-order valence-corrected chi connectivity index (χ4v) is 2.04. The number of esters is 1. The summed E-state index contributed by atoms with van der Waals surface area (Å²) in [6, 6.07) is 9.33. The molecule has 1 aromatic carbocycles. The number of allylic oxidation sites excluding steroid dienone is 1. The molecule has 0 radical (unpaired) electrons. The molecule has 0 heterocycles. The molecule has 0 bridgehead atoms. The number of rotatable bonds is 4. The van der Waals surface area contributed by atoms with Crippen molar-refractivity contribution in [3.63, 3.8) is 0 Å². The van der Waals surface area contributed by atoms with E-state index in [4.69, 9.17) is 9.47 Å². The Balaban J connectivity index is 3.38. The third kappa shape index (κ3) is 3.41. The highest BCUT2D eigenvalue weighted by molar-refractivity contribution is 5.84. The molecule has 3 nitrogen and oxygen atoms in total. The van der Waals surface area contributed by atoms with Crippen LogP contribution in [0.4, 0.5) is 0 Å². The van der Waals surface area contributed by atoms with E-state index in [1.807, 2.05) is 71.0 Å². The molecule has 0 aliphatic heterocycles. The van der Waals surface area contributed by atoms with Gasteiger partial charge in [0.2, 0.25) is 5.60 Å². The van der Waals surface area contributed by atoms with Crippen LogP contribution in [0.5, 0.6) is 5.75 Å². The second kappa shape index (κ2) is 6.12. The molecule has 0 saturated carbocycles. The maximum Gasteiger partial charge on any atom is 0.354 e. The zero-order valence-electron chi connectivity index (χ0n) is 13.2. The van der Waals surface area contributed by atoms with Gasteiger partial charge in [0.15, 0.2) is 0 Å². The summed E-state index contributed by atoms with van der Waals surface area (Å²) in [5, 5.41) is 0. The summed E-state index contributed by atoms with van der Waals surface area (Å²) in [6.45, 7) is 9.78. The number of benzene rings is 1. The van der Waals surface area contributed by atoms with Gasteiger partial charge in [-0.05, 0) is 32.1 Å². The molecule has 0 aliphatic rings. The fourth-order valence-electron chi connectivity index (χ4n) is 2.04. The summed E-state index contributed by atoms with van der Waals surface area (Å²) >= 11 is 0.